The summed E-state index contributed by atoms with van der Waals surface area (Å²) in [7, 11) is 0. The number of fused-ring (bicyclic) bond motifs is 1. The van der Waals surface area contributed by atoms with Crippen LogP contribution in [0, 0.1) is 0 Å². The first-order chi connectivity index (χ1) is 9.29. The van der Waals surface area contributed by atoms with E-state index in [-0.39, 0.29) is 11.3 Å². The van der Waals surface area contributed by atoms with Crippen molar-refractivity contribution in [1.29, 1.82) is 0 Å². The van der Waals surface area contributed by atoms with Crippen molar-refractivity contribution in [3.05, 3.63) is 42.1 Å². The minimum atomic E-state index is 0.0806. The second-order valence-electron chi connectivity index (χ2n) is 4.68. The second-order valence-corrected chi connectivity index (χ2v) is 5.75. The molecule has 0 radical (unpaired) electrons. The summed E-state index contributed by atoms with van der Waals surface area (Å²) in [6.07, 6.45) is 0.983. The fraction of sp³-hybridized carbons (Fsp3) is 0.333. The lowest BCUT2D eigenvalue weighted by Crippen LogP contribution is -2.29. The summed E-state index contributed by atoms with van der Waals surface area (Å²) in [5, 5.41) is 1.22. The molecule has 1 aliphatic rings. The molecule has 1 saturated heterocycles. The summed E-state index contributed by atoms with van der Waals surface area (Å²) in [6, 6.07) is 12.2. The van der Waals surface area contributed by atoms with Crippen LogP contribution in [0.25, 0.3) is 10.9 Å². The number of aromatic nitrogens is 1. The van der Waals surface area contributed by atoms with Crippen molar-refractivity contribution in [2.24, 2.45) is 0 Å². The Kier molecular flexibility index (Phi) is 3.42. The fourth-order valence-electron chi connectivity index (χ4n) is 2.40. The number of carbonyl (C=O) groups excluding carboxylic acids is 1. The molecule has 2 heterocycles. The van der Waals surface area contributed by atoms with E-state index >= 15 is 0 Å². The Balaban J connectivity index is 1.97. The maximum Gasteiger partial charge on any atom is 0.233 e. The molecule has 0 bridgehead atoms. The first-order valence-electron chi connectivity index (χ1n) is 6.56. The Morgan fingerprint density at radius 3 is 3.00 bits per heavy atom. The van der Waals surface area contributed by atoms with Crippen LogP contribution in [0.4, 0.5) is 0 Å². The van der Waals surface area contributed by atoms with E-state index in [1.54, 1.807) is 11.8 Å². The highest BCUT2D eigenvalue weighted by atomic mass is 32.2. The van der Waals surface area contributed by atoms with Gasteiger partial charge in [0, 0.05) is 11.9 Å². The Bertz CT molecular complexity index is 614. The van der Waals surface area contributed by atoms with Crippen molar-refractivity contribution in [2.75, 3.05) is 12.3 Å². The fourth-order valence-corrected chi connectivity index (χ4v) is 3.57. The maximum atomic E-state index is 11.9. The van der Waals surface area contributed by atoms with Gasteiger partial charge in [-0.1, -0.05) is 31.2 Å². The van der Waals surface area contributed by atoms with E-state index in [1.165, 1.54) is 0 Å². The predicted octanol–water partition coefficient (Wildman–Crippen LogP) is 3.22. The molecule has 1 fully saturated rings. The molecular weight excluding hydrogens is 256 g/mol. The van der Waals surface area contributed by atoms with Gasteiger partial charge in [-0.25, -0.2) is 4.98 Å². The topological polar surface area (TPSA) is 33.2 Å². The number of hydrogen-bond acceptors (Lipinski definition) is 3. The minimum absolute atomic E-state index is 0.0806. The Morgan fingerprint density at radius 1 is 1.32 bits per heavy atom. The molecule has 4 heteroatoms. The van der Waals surface area contributed by atoms with Crippen LogP contribution in [0.5, 0.6) is 0 Å². The van der Waals surface area contributed by atoms with E-state index in [1.807, 2.05) is 29.2 Å². The molecule has 1 aromatic carbocycles. The number of nitrogens with zero attached hydrogens (tertiary/aromatic N) is 2. The van der Waals surface area contributed by atoms with Gasteiger partial charge in [0.05, 0.1) is 17.0 Å². The quantitative estimate of drug-likeness (QED) is 0.860. The Hall–Kier alpha value is -1.55. The molecule has 3 nitrogen and oxygen atoms in total. The number of amides is 1. The molecule has 1 amide bonds. The van der Waals surface area contributed by atoms with Crippen molar-refractivity contribution >= 4 is 28.6 Å². The molecule has 1 unspecified atom stereocenters. The Labute approximate surface area is 117 Å². The number of benzene rings is 1. The van der Waals surface area contributed by atoms with Crippen LogP contribution in [0.3, 0.4) is 0 Å². The average Bonchev–Trinajstić information content (AvgIpc) is 2.80. The van der Waals surface area contributed by atoms with Crippen molar-refractivity contribution < 1.29 is 4.79 Å². The zero-order valence-electron chi connectivity index (χ0n) is 10.9. The summed E-state index contributed by atoms with van der Waals surface area (Å²) < 4.78 is 0. The lowest BCUT2D eigenvalue weighted by Gasteiger charge is -2.23. The van der Waals surface area contributed by atoms with Crippen LogP contribution in [0.1, 0.15) is 24.4 Å². The molecule has 1 aromatic heterocycles. The number of rotatable bonds is 3. The molecule has 0 spiro atoms. The third-order valence-corrected chi connectivity index (χ3v) is 4.53. The van der Waals surface area contributed by atoms with Gasteiger partial charge in [-0.15, -0.1) is 11.8 Å². The molecular formula is C15H16N2OS. The van der Waals surface area contributed by atoms with Crippen LogP contribution in [0.15, 0.2) is 36.4 Å². The average molecular weight is 272 g/mol. The van der Waals surface area contributed by atoms with Gasteiger partial charge in [-0.2, -0.15) is 0 Å². The van der Waals surface area contributed by atoms with Gasteiger partial charge >= 0.3 is 0 Å². The summed E-state index contributed by atoms with van der Waals surface area (Å²) in [4.78, 5) is 18.5. The van der Waals surface area contributed by atoms with E-state index in [9.17, 15) is 4.79 Å². The molecule has 19 heavy (non-hydrogen) atoms. The van der Waals surface area contributed by atoms with E-state index in [2.05, 4.69) is 19.1 Å². The highest BCUT2D eigenvalue weighted by Crippen LogP contribution is 2.38. The van der Waals surface area contributed by atoms with Crippen LogP contribution in [-0.4, -0.2) is 28.1 Å². The molecule has 1 aliphatic heterocycles. The highest BCUT2D eigenvalue weighted by Gasteiger charge is 2.32. The zero-order valence-corrected chi connectivity index (χ0v) is 11.7. The van der Waals surface area contributed by atoms with Crippen molar-refractivity contribution in [3.63, 3.8) is 0 Å². The van der Waals surface area contributed by atoms with Crippen molar-refractivity contribution in [1.82, 2.24) is 9.88 Å². The van der Waals surface area contributed by atoms with Gasteiger partial charge in [0.2, 0.25) is 5.91 Å². The molecule has 98 valence electrons. The van der Waals surface area contributed by atoms with Crippen LogP contribution in [-0.2, 0) is 4.79 Å². The van der Waals surface area contributed by atoms with Gasteiger partial charge in [-0.05, 0) is 18.6 Å². The molecule has 3 rings (SSSR count). The third kappa shape index (κ3) is 2.32. The smallest absolute Gasteiger partial charge is 0.233 e. The van der Waals surface area contributed by atoms with E-state index < -0.39 is 0 Å². The van der Waals surface area contributed by atoms with E-state index in [0.717, 1.165) is 29.6 Å². The van der Waals surface area contributed by atoms with Gasteiger partial charge < -0.3 is 4.90 Å². The lowest BCUT2D eigenvalue weighted by atomic mass is 10.2. The van der Waals surface area contributed by atoms with Gasteiger partial charge in [0.25, 0.3) is 0 Å². The summed E-state index contributed by atoms with van der Waals surface area (Å²) in [6.45, 7) is 2.91. The van der Waals surface area contributed by atoms with Gasteiger partial charge in [0.1, 0.15) is 5.37 Å². The van der Waals surface area contributed by atoms with E-state index in [4.69, 9.17) is 4.98 Å². The van der Waals surface area contributed by atoms with Crippen molar-refractivity contribution in [3.8, 4) is 0 Å². The Morgan fingerprint density at radius 2 is 2.16 bits per heavy atom. The SMILES string of the molecule is CCCN1C(=O)CSC1c1ccc2ccccc2n1. The monoisotopic (exact) mass is 272 g/mol. The second kappa shape index (κ2) is 5.21. The number of para-hydroxylation sites is 1. The molecule has 0 aliphatic carbocycles. The first kappa shape index (κ1) is 12.5. The van der Waals surface area contributed by atoms with Crippen molar-refractivity contribution in [2.45, 2.75) is 18.7 Å². The molecule has 2 aromatic rings. The lowest BCUT2D eigenvalue weighted by molar-refractivity contribution is -0.128. The maximum absolute atomic E-state index is 11.9. The largest absolute Gasteiger partial charge is 0.324 e. The molecule has 0 N–H and O–H groups in total. The number of hydrogen-bond donors (Lipinski definition) is 0. The minimum Gasteiger partial charge on any atom is -0.324 e. The van der Waals surface area contributed by atoms with Crippen LogP contribution < -0.4 is 0 Å². The highest BCUT2D eigenvalue weighted by molar-refractivity contribution is 8.00. The predicted molar refractivity (Wildman–Crippen MR) is 78.9 cm³/mol. The van der Waals surface area contributed by atoms with Crippen LogP contribution in [0.2, 0.25) is 0 Å². The summed E-state index contributed by atoms with van der Waals surface area (Å²) >= 11 is 1.67. The zero-order chi connectivity index (χ0) is 13.2. The molecule has 0 saturated carbocycles. The third-order valence-electron chi connectivity index (χ3n) is 3.31. The van der Waals surface area contributed by atoms with Gasteiger partial charge in [-0.3, -0.25) is 4.79 Å². The van der Waals surface area contributed by atoms with Crippen LogP contribution >= 0.6 is 11.8 Å². The standard InChI is InChI=1S/C15H16N2OS/c1-2-9-17-14(18)10-19-15(17)13-8-7-11-5-3-4-6-12(11)16-13/h3-8,15H,2,9-10H2,1H3. The van der Waals surface area contributed by atoms with Gasteiger partial charge in [0.15, 0.2) is 0 Å². The normalized spacial score (nSPS) is 19.3. The summed E-state index contributed by atoms with van der Waals surface area (Å²) in [5.74, 6) is 0.797. The number of carbonyl (C=O) groups is 1. The number of pyridine rings is 1. The summed E-state index contributed by atoms with van der Waals surface area (Å²) in [5.41, 5.74) is 1.99. The first-order valence-corrected chi connectivity index (χ1v) is 7.61. The molecule has 1 atom stereocenters. The van der Waals surface area contributed by atoms with E-state index in [0.29, 0.717) is 5.75 Å². The number of thioether (sulfide) groups is 1.